The summed E-state index contributed by atoms with van der Waals surface area (Å²) in [7, 11) is 3.02. The summed E-state index contributed by atoms with van der Waals surface area (Å²) in [5.74, 6) is -18.4. The maximum atomic E-state index is 7.49. The lowest BCUT2D eigenvalue weighted by atomic mass is 9.94. The number of hydrogen-bond acceptors (Lipinski definition) is 23. The largest absolute Gasteiger partial charge is 0.377 e. The molecule has 0 bridgehead atoms. The van der Waals surface area contributed by atoms with Gasteiger partial charge < -0.3 is 94.7 Å². The first-order valence-corrected chi connectivity index (χ1v) is 40.3. The Labute approximate surface area is 629 Å². The number of methoxy groups -OCH3 is 2. The van der Waals surface area contributed by atoms with Crippen molar-refractivity contribution in [2.24, 2.45) is 0 Å². The molecule has 0 N–H and O–H groups in total. The number of unbranched alkanes of at least 4 members (excludes halogenated alkanes) is 8. The zero-order valence-electron chi connectivity index (χ0n) is 71.7. The second-order valence-corrected chi connectivity index (χ2v) is 30.9. The zero-order valence-corrected chi connectivity index (χ0v) is 71.7. The van der Waals surface area contributed by atoms with Crippen LogP contribution >= 0.6 is 0 Å². The Bertz CT molecular complexity index is 1920. The predicted octanol–water partition coefficient (Wildman–Crippen LogP) is 19.4. The third-order valence-corrected chi connectivity index (χ3v) is 16.6. The molecule has 0 fully saturated rings. The van der Waals surface area contributed by atoms with Gasteiger partial charge in [-0.15, -0.1) is 9.78 Å². The van der Waals surface area contributed by atoms with Crippen LogP contribution in [0.25, 0.3) is 0 Å². The van der Waals surface area contributed by atoms with Gasteiger partial charge in [-0.2, -0.15) is 0 Å². The molecule has 0 aromatic carbocycles. The molecule has 0 heterocycles. The van der Waals surface area contributed by atoms with Crippen LogP contribution in [-0.2, 0) is 110 Å². The molecule has 10 unspecified atom stereocenters. The Morgan fingerprint density at radius 1 is 0.291 bits per heavy atom. The van der Waals surface area contributed by atoms with Crippen LogP contribution in [0.1, 0.15) is 335 Å². The minimum Gasteiger partial charge on any atom is -0.373 e. The average molecular weight is 1490 g/mol. The highest BCUT2D eigenvalue weighted by Gasteiger charge is 2.77. The van der Waals surface area contributed by atoms with E-state index in [9.17, 15) is 0 Å². The summed E-state index contributed by atoms with van der Waals surface area (Å²) in [6, 6.07) is 0. The fourth-order valence-corrected chi connectivity index (χ4v) is 11.3. The van der Waals surface area contributed by atoms with Gasteiger partial charge in [0.05, 0.1) is 99.7 Å². The Hall–Kier alpha value is -0.920. The van der Waals surface area contributed by atoms with Crippen molar-refractivity contribution in [2.75, 3.05) is 93.5 Å². The summed E-state index contributed by atoms with van der Waals surface area (Å²) in [6.45, 7) is 56.0. The molecule has 0 amide bonds. The molecule has 0 aliphatic heterocycles. The number of ether oxygens (including phenoxy) is 20. The molecule has 0 rings (SSSR count). The quantitative estimate of drug-likeness (QED) is 0.0240. The molecule has 23 nitrogen and oxygen atoms in total. The summed E-state index contributed by atoms with van der Waals surface area (Å²) in [5.41, 5.74) is -3.72. The molecule has 0 aliphatic carbocycles. The molecule has 23 heteroatoms. The van der Waals surface area contributed by atoms with Crippen molar-refractivity contribution in [3.63, 3.8) is 0 Å². The Morgan fingerprint density at radius 2 is 0.602 bits per heavy atom. The first kappa shape index (κ1) is 102. The fraction of sp³-hybridized carbons (Fsp3) is 1.00. The lowest BCUT2D eigenvalue weighted by molar-refractivity contribution is -0.718. The SMILES string of the molecule is CCCCCOC(CCC(OC)(OCC)C(OCCC)(OC(C)C)C(OCCCC)(OCC(C)(C)OCCCC)OOOC(OCCCC)(OCC(C)(C)OCCCC)C(OCCC)(OC(C)C)C(CCC(OCCCCC)(OC(C)CC)OC(C)(C)C)(OC)OCC)(OC(C)CC)OC(C)(C)C. The van der Waals surface area contributed by atoms with Crippen molar-refractivity contribution in [3.05, 3.63) is 0 Å². The van der Waals surface area contributed by atoms with E-state index in [4.69, 9.17) is 110 Å². The minimum atomic E-state index is -2.81. The van der Waals surface area contributed by atoms with Gasteiger partial charge in [0.1, 0.15) is 0 Å². The van der Waals surface area contributed by atoms with Crippen LogP contribution in [0.4, 0.5) is 0 Å². The lowest BCUT2D eigenvalue weighted by Gasteiger charge is -2.56. The van der Waals surface area contributed by atoms with Crippen LogP contribution in [0.15, 0.2) is 0 Å². The van der Waals surface area contributed by atoms with Crippen molar-refractivity contribution in [3.8, 4) is 0 Å². The standard InChI is InChI=1S/C80H162O23/c1-31-43-49-61-87-75(97-67(17)39-9,99-69(19,20)21)53-51-73(81-29,83-41-11)77(89-55-37-7,95-65(13)14)79(91-59-47-35-5,93-63-71(25,26)85-57-45-33-3)101-103-102-80(92-60-48-36-6,94-64-72(27,28)86-58-46-34-4)78(90-56-38-8,96-66(15)16)74(82-30,84-42-12)52-54-76(98-68(18)40-10,100-70(22,23)24)88-62-50-44-32-2/h65-68H,31-64H2,1-30H3. The Kier molecular flexibility index (Phi) is 51.1. The van der Waals surface area contributed by atoms with E-state index in [0.717, 1.165) is 64.2 Å². The van der Waals surface area contributed by atoms with Crippen molar-refractivity contribution in [1.82, 2.24) is 0 Å². The van der Waals surface area contributed by atoms with Crippen LogP contribution in [0.5, 0.6) is 0 Å². The summed E-state index contributed by atoms with van der Waals surface area (Å²) >= 11 is 0. The Balaban J connectivity index is 10.6. The van der Waals surface area contributed by atoms with Gasteiger partial charge in [-0.25, -0.2) is 0 Å². The van der Waals surface area contributed by atoms with Crippen molar-refractivity contribution < 1.29 is 110 Å². The van der Waals surface area contributed by atoms with Crippen LogP contribution in [0.3, 0.4) is 0 Å². The molecule has 620 valence electrons. The minimum absolute atomic E-state index is 0.0149. The monoisotopic (exact) mass is 1490 g/mol. The highest BCUT2D eigenvalue weighted by molar-refractivity contribution is 5.02. The highest BCUT2D eigenvalue weighted by atomic mass is 17.6. The van der Waals surface area contributed by atoms with Crippen molar-refractivity contribution in [1.29, 1.82) is 0 Å². The predicted molar refractivity (Wildman–Crippen MR) is 404 cm³/mol. The Morgan fingerprint density at radius 3 is 0.864 bits per heavy atom. The maximum Gasteiger partial charge on any atom is 0.377 e. The van der Waals surface area contributed by atoms with Crippen LogP contribution in [0, 0.1) is 0 Å². The van der Waals surface area contributed by atoms with E-state index in [-0.39, 0.29) is 90.7 Å². The molecule has 0 aliphatic rings. The summed E-state index contributed by atoms with van der Waals surface area (Å²) in [4.78, 5) is 14.4. The smallest absolute Gasteiger partial charge is 0.373 e. The van der Waals surface area contributed by atoms with Gasteiger partial charge in [-0.05, 0) is 189 Å². The normalized spacial score (nSPS) is 18.4. The summed E-state index contributed by atoms with van der Waals surface area (Å²) < 4.78 is 143. The molecular formula is C80H162O23. The van der Waals surface area contributed by atoms with Gasteiger partial charge in [-0.1, -0.05) is 126 Å². The van der Waals surface area contributed by atoms with Gasteiger partial charge in [-0.3, -0.25) is 0 Å². The molecule has 0 aromatic heterocycles. The molecular weight excluding hydrogens is 1330 g/mol. The topological polar surface area (TPSA) is 212 Å². The first-order chi connectivity index (χ1) is 48.4. The molecule has 10 atom stereocenters. The van der Waals surface area contributed by atoms with Gasteiger partial charge in [0, 0.05) is 66.3 Å². The van der Waals surface area contributed by atoms with Crippen molar-refractivity contribution >= 4 is 0 Å². The third kappa shape index (κ3) is 34.7. The first-order valence-electron chi connectivity index (χ1n) is 40.3. The van der Waals surface area contributed by atoms with E-state index in [1.165, 1.54) is 14.2 Å². The third-order valence-electron chi connectivity index (χ3n) is 16.6. The number of rotatable bonds is 70. The van der Waals surface area contributed by atoms with Gasteiger partial charge in [0.15, 0.2) is 0 Å². The molecule has 103 heavy (non-hydrogen) atoms. The van der Waals surface area contributed by atoms with Gasteiger partial charge in [0.25, 0.3) is 11.9 Å². The molecule has 0 saturated heterocycles. The molecule has 0 aromatic rings. The second-order valence-electron chi connectivity index (χ2n) is 30.9. The van der Waals surface area contributed by atoms with Crippen LogP contribution in [0.2, 0.25) is 0 Å². The van der Waals surface area contributed by atoms with E-state index in [1.807, 2.05) is 152 Å². The van der Waals surface area contributed by atoms with Gasteiger partial charge >= 0.3 is 23.5 Å². The van der Waals surface area contributed by atoms with Crippen LogP contribution < -0.4 is 0 Å². The molecule has 0 radical (unpaired) electrons. The van der Waals surface area contributed by atoms with E-state index in [0.29, 0.717) is 77.8 Å². The van der Waals surface area contributed by atoms with E-state index in [2.05, 4.69) is 41.5 Å². The van der Waals surface area contributed by atoms with E-state index < -0.39 is 81.7 Å². The summed E-state index contributed by atoms with van der Waals surface area (Å²) in [6.07, 6.45) is 10.5. The second kappa shape index (κ2) is 51.6. The molecule has 0 spiro atoms. The lowest BCUT2D eigenvalue weighted by Crippen LogP contribution is -2.77. The zero-order chi connectivity index (χ0) is 78.6. The van der Waals surface area contributed by atoms with Gasteiger partial charge in [0.2, 0.25) is 11.6 Å². The highest BCUT2D eigenvalue weighted by Crippen LogP contribution is 2.53. The van der Waals surface area contributed by atoms with E-state index >= 15 is 0 Å². The summed E-state index contributed by atoms with van der Waals surface area (Å²) in [5, 5.41) is 6.76. The average Bonchev–Trinajstić information content (AvgIpc) is 0.718. The maximum absolute atomic E-state index is 7.49. The van der Waals surface area contributed by atoms with Crippen LogP contribution in [-0.4, -0.2) is 187 Å². The molecule has 0 saturated carbocycles. The van der Waals surface area contributed by atoms with Crippen molar-refractivity contribution in [2.45, 2.75) is 429 Å². The number of hydrogen-bond donors (Lipinski definition) is 0. The fourth-order valence-electron chi connectivity index (χ4n) is 11.3. The van der Waals surface area contributed by atoms with E-state index in [1.54, 1.807) is 0 Å².